The SMILES string of the molecule is CC(C)(CCCO)CNS(=O)(=O)Cc1ccc(F)cc1. The summed E-state index contributed by atoms with van der Waals surface area (Å²) in [6, 6.07) is 5.42. The molecule has 1 aromatic rings. The van der Waals surface area contributed by atoms with Crippen molar-refractivity contribution in [2.45, 2.75) is 32.4 Å². The van der Waals surface area contributed by atoms with Crippen molar-refractivity contribution in [3.05, 3.63) is 35.6 Å². The molecule has 0 atom stereocenters. The first-order valence-electron chi connectivity index (χ1n) is 6.57. The van der Waals surface area contributed by atoms with E-state index in [4.69, 9.17) is 5.11 Å². The van der Waals surface area contributed by atoms with E-state index in [9.17, 15) is 12.8 Å². The predicted molar refractivity (Wildman–Crippen MR) is 77.1 cm³/mol. The normalized spacial score (nSPS) is 12.6. The lowest BCUT2D eigenvalue weighted by Crippen LogP contribution is -2.34. The number of aliphatic hydroxyl groups is 1. The van der Waals surface area contributed by atoms with E-state index in [1.54, 1.807) is 0 Å². The van der Waals surface area contributed by atoms with Crippen molar-refractivity contribution in [2.24, 2.45) is 5.41 Å². The van der Waals surface area contributed by atoms with E-state index in [0.29, 0.717) is 18.5 Å². The third-order valence-corrected chi connectivity index (χ3v) is 4.35. The molecule has 0 saturated heterocycles. The molecule has 0 aliphatic carbocycles. The molecule has 0 amide bonds. The van der Waals surface area contributed by atoms with E-state index < -0.39 is 10.0 Å². The van der Waals surface area contributed by atoms with Gasteiger partial charge in [0.25, 0.3) is 0 Å². The molecule has 0 heterocycles. The fourth-order valence-electron chi connectivity index (χ4n) is 1.80. The zero-order valence-corrected chi connectivity index (χ0v) is 12.7. The van der Waals surface area contributed by atoms with E-state index in [1.807, 2.05) is 13.8 Å². The minimum Gasteiger partial charge on any atom is -0.396 e. The lowest BCUT2D eigenvalue weighted by atomic mass is 9.88. The second-order valence-electron chi connectivity index (χ2n) is 5.70. The van der Waals surface area contributed by atoms with Crippen molar-refractivity contribution in [3.63, 3.8) is 0 Å². The number of rotatable bonds is 8. The Kier molecular flexibility index (Phi) is 6.10. The van der Waals surface area contributed by atoms with Crippen molar-refractivity contribution < 1.29 is 17.9 Å². The lowest BCUT2D eigenvalue weighted by Gasteiger charge is -2.24. The van der Waals surface area contributed by atoms with Gasteiger partial charge >= 0.3 is 0 Å². The van der Waals surface area contributed by atoms with Crippen LogP contribution < -0.4 is 4.72 Å². The Bertz CT molecular complexity index is 512. The van der Waals surface area contributed by atoms with Crippen molar-refractivity contribution in [2.75, 3.05) is 13.2 Å². The molecule has 2 N–H and O–H groups in total. The van der Waals surface area contributed by atoms with Crippen LogP contribution in [-0.4, -0.2) is 26.7 Å². The highest BCUT2D eigenvalue weighted by atomic mass is 32.2. The van der Waals surface area contributed by atoms with Crippen LogP contribution in [0.2, 0.25) is 0 Å². The van der Waals surface area contributed by atoms with Gasteiger partial charge in [-0.2, -0.15) is 0 Å². The van der Waals surface area contributed by atoms with Crippen molar-refractivity contribution in [3.8, 4) is 0 Å². The molecule has 114 valence electrons. The minimum absolute atomic E-state index is 0.103. The average Bonchev–Trinajstić information content (AvgIpc) is 2.37. The first-order valence-corrected chi connectivity index (χ1v) is 8.22. The van der Waals surface area contributed by atoms with Crippen LogP contribution in [0.15, 0.2) is 24.3 Å². The largest absolute Gasteiger partial charge is 0.396 e. The molecule has 0 spiro atoms. The van der Waals surface area contributed by atoms with E-state index in [-0.39, 0.29) is 23.6 Å². The van der Waals surface area contributed by atoms with Crippen LogP contribution >= 0.6 is 0 Å². The molecule has 0 aliphatic heterocycles. The minimum atomic E-state index is -3.44. The van der Waals surface area contributed by atoms with Crippen molar-refractivity contribution in [1.82, 2.24) is 4.72 Å². The summed E-state index contributed by atoms with van der Waals surface area (Å²) in [5, 5.41) is 8.81. The van der Waals surface area contributed by atoms with Crippen LogP contribution in [0.25, 0.3) is 0 Å². The summed E-state index contributed by atoms with van der Waals surface area (Å²) in [5.41, 5.74) is 0.338. The number of hydrogen-bond acceptors (Lipinski definition) is 3. The monoisotopic (exact) mass is 303 g/mol. The molecule has 0 aliphatic rings. The fourth-order valence-corrected chi connectivity index (χ4v) is 3.15. The van der Waals surface area contributed by atoms with Gasteiger partial charge in [0, 0.05) is 13.2 Å². The van der Waals surface area contributed by atoms with Crippen LogP contribution in [0.5, 0.6) is 0 Å². The van der Waals surface area contributed by atoms with Crippen LogP contribution in [-0.2, 0) is 15.8 Å². The van der Waals surface area contributed by atoms with Crippen molar-refractivity contribution in [1.29, 1.82) is 0 Å². The molecule has 6 heteroatoms. The molecule has 0 unspecified atom stereocenters. The quantitative estimate of drug-likeness (QED) is 0.772. The summed E-state index contributed by atoms with van der Waals surface area (Å²) in [6.45, 7) is 4.31. The standard InChI is InChI=1S/C14H22FNO3S/c1-14(2,8-3-9-17)11-16-20(18,19)10-12-4-6-13(15)7-5-12/h4-7,16-17H,3,8-11H2,1-2H3. The summed E-state index contributed by atoms with van der Waals surface area (Å²) < 4.78 is 39.2. The molecule has 0 radical (unpaired) electrons. The Hall–Kier alpha value is -0.980. The molecule has 0 saturated carbocycles. The molecule has 0 fully saturated rings. The summed E-state index contributed by atoms with van der Waals surface area (Å²) in [6.07, 6.45) is 1.38. The highest BCUT2D eigenvalue weighted by Gasteiger charge is 2.21. The highest BCUT2D eigenvalue weighted by Crippen LogP contribution is 2.21. The van der Waals surface area contributed by atoms with Gasteiger partial charge in [-0.15, -0.1) is 0 Å². The van der Waals surface area contributed by atoms with E-state index in [0.717, 1.165) is 6.42 Å². The van der Waals surface area contributed by atoms with Gasteiger partial charge in [0.2, 0.25) is 10.0 Å². The average molecular weight is 303 g/mol. The third kappa shape index (κ3) is 6.45. The molecule has 4 nitrogen and oxygen atoms in total. The molecular weight excluding hydrogens is 281 g/mol. The zero-order valence-electron chi connectivity index (χ0n) is 11.9. The Labute approximate surface area is 120 Å². The van der Waals surface area contributed by atoms with Gasteiger partial charge in [0.05, 0.1) is 5.75 Å². The van der Waals surface area contributed by atoms with Gasteiger partial charge in [-0.3, -0.25) is 0 Å². The summed E-state index contributed by atoms with van der Waals surface area (Å²) in [4.78, 5) is 0. The van der Waals surface area contributed by atoms with E-state index in [1.165, 1.54) is 24.3 Å². The van der Waals surface area contributed by atoms with Crippen LogP contribution in [0, 0.1) is 11.2 Å². The summed E-state index contributed by atoms with van der Waals surface area (Å²) >= 11 is 0. The number of halogens is 1. The maximum atomic E-state index is 12.8. The highest BCUT2D eigenvalue weighted by molar-refractivity contribution is 7.88. The molecule has 0 aromatic heterocycles. The summed E-state index contributed by atoms with van der Waals surface area (Å²) in [5.74, 6) is -0.548. The number of aliphatic hydroxyl groups excluding tert-OH is 1. The maximum absolute atomic E-state index is 12.8. The van der Waals surface area contributed by atoms with Crippen LogP contribution in [0.4, 0.5) is 4.39 Å². The van der Waals surface area contributed by atoms with Gasteiger partial charge < -0.3 is 5.11 Å². The molecule has 1 rings (SSSR count). The van der Waals surface area contributed by atoms with Gasteiger partial charge in [0.1, 0.15) is 5.82 Å². The topological polar surface area (TPSA) is 66.4 Å². The number of benzene rings is 1. The number of hydrogen-bond donors (Lipinski definition) is 2. The van der Waals surface area contributed by atoms with Gasteiger partial charge in [-0.05, 0) is 36.0 Å². The first kappa shape index (κ1) is 17.1. The Balaban J connectivity index is 2.55. The summed E-state index contributed by atoms with van der Waals surface area (Å²) in [7, 11) is -3.44. The van der Waals surface area contributed by atoms with Gasteiger partial charge in [-0.1, -0.05) is 26.0 Å². The van der Waals surface area contributed by atoms with E-state index in [2.05, 4.69) is 4.72 Å². The Morgan fingerprint density at radius 3 is 2.40 bits per heavy atom. The van der Waals surface area contributed by atoms with Gasteiger partial charge in [-0.25, -0.2) is 17.5 Å². The molecule has 0 bridgehead atoms. The number of nitrogens with one attached hydrogen (secondary N) is 1. The van der Waals surface area contributed by atoms with Crippen LogP contribution in [0.1, 0.15) is 32.3 Å². The lowest BCUT2D eigenvalue weighted by molar-refractivity contribution is 0.242. The molecule has 20 heavy (non-hydrogen) atoms. The van der Waals surface area contributed by atoms with Gasteiger partial charge in [0.15, 0.2) is 0 Å². The fraction of sp³-hybridized carbons (Fsp3) is 0.571. The predicted octanol–water partition coefficient (Wildman–Crippen LogP) is 2.04. The van der Waals surface area contributed by atoms with E-state index >= 15 is 0 Å². The van der Waals surface area contributed by atoms with Crippen molar-refractivity contribution >= 4 is 10.0 Å². The number of sulfonamides is 1. The second kappa shape index (κ2) is 7.15. The first-order chi connectivity index (χ1) is 9.24. The molecular formula is C14H22FNO3S. The Morgan fingerprint density at radius 2 is 1.85 bits per heavy atom. The smallest absolute Gasteiger partial charge is 0.215 e. The Morgan fingerprint density at radius 1 is 1.25 bits per heavy atom. The molecule has 1 aromatic carbocycles. The zero-order chi connectivity index (χ0) is 15.2. The maximum Gasteiger partial charge on any atom is 0.215 e. The van der Waals surface area contributed by atoms with Crippen LogP contribution in [0.3, 0.4) is 0 Å². The second-order valence-corrected chi connectivity index (χ2v) is 7.50. The third-order valence-electron chi connectivity index (χ3n) is 3.05.